The Morgan fingerprint density at radius 1 is 1.03 bits per heavy atom. The summed E-state index contributed by atoms with van der Waals surface area (Å²) in [6.07, 6.45) is 3.77. The van der Waals surface area contributed by atoms with Gasteiger partial charge in [0.1, 0.15) is 5.82 Å². The lowest BCUT2D eigenvalue weighted by Gasteiger charge is -2.14. The van der Waals surface area contributed by atoms with Crippen molar-refractivity contribution in [3.05, 3.63) is 77.7 Å². The zero-order chi connectivity index (χ0) is 20.5. The molecule has 0 unspecified atom stereocenters. The molecule has 0 aliphatic rings. The fourth-order valence-corrected chi connectivity index (χ4v) is 2.93. The SMILES string of the molecule is CCNC(=NCc1ccccc1Cn1cccn1)NCc1cccc(N(C)C)n1.I. The monoisotopic (exact) mass is 519 g/mol. The smallest absolute Gasteiger partial charge is 0.191 e. The maximum absolute atomic E-state index is 4.77. The van der Waals surface area contributed by atoms with E-state index in [-0.39, 0.29) is 24.0 Å². The molecule has 0 amide bonds. The van der Waals surface area contributed by atoms with Crippen LogP contribution in [0.15, 0.2) is 65.9 Å². The van der Waals surface area contributed by atoms with Gasteiger partial charge in [0.2, 0.25) is 0 Å². The Labute approximate surface area is 195 Å². The van der Waals surface area contributed by atoms with E-state index >= 15 is 0 Å². The first-order valence-corrected chi connectivity index (χ1v) is 9.85. The largest absolute Gasteiger partial charge is 0.363 e. The van der Waals surface area contributed by atoms with E-state index in [0.29, 0.717) is 13.1 Å². The van der Waals surface area contributed by atoms with Gasteiger partial charge in [-0.05, 0) is 36.2 Å². The topological polar surface area (TPSA) is 70.4 Å². The van der Waals surface area contributed by atoms with Crippen molar-refractivity contribution in [2.45, 2.75) is 26.6 Å². The fourth-order valence-electron chi connectivity index (χ4n) is 2.93. The third kappa shape index (κ3) is 7.01. The summed E-state index contributed by atoms with van der Waals surface area (Å²) in [5.74, 6) is 1.72. The number of rotatable bonds is 8. The number of hydrogen-bond donors (Lipinski definition) is 2. The van der Waals surface area contributed by atoms with Crippen molar-refractivity contribution in [3.63, 3.8) is 0 Å². The first kappa shape index (κ1) is 23.7. The van der Waals surface area contributed by atoms with Gasteiger partial charge >= 0.3 is 0 Å². The second-order valence-corrected chi connectivity index (χ2v) is 6.90. The first-order chi connectivity index (χ1) is 14.2. The number of nitrogens with one attached hydrogen (secondary N) is 2. The molecule has 0 spiro atoms. The fraction of sp³-hybridized carbons (Fsp3) is 0.318. The van der Waals surface area contributed by atoms with Crippen LogP contribution in [-0.4, -0.2) is 41.4 Å². The number of aliphatic imine (C=N–C) groups is 1. The van der Waals surface area contributed by atoms with Crippen LogP contribution < -0.4 is 15.5 Å². The van der Waals surface area contributed by atoms with E-state index in [2.05, 4.69) is 51.9 Å². The quantitative estimate of drug-likeness (QED) is 0.272. The summed E-state index contributed by atoms with van der Waals surface area (Å²) in [5, 5.41) is 11.0. The Balaban J connectivity index is 0.00000320. The van der Waals surface area contributed by atoms with E-state index in [4.69, 9.17) is 4.99 Å². The molecule has 3 aromatic rings. The maximum atomic E-state index is 4.77. The van der Waals surface area contributed by atoms with Crippen molar-refractivity contribution in [1.82, 2.24) is 25.4 Å². The van der Waals surface area contributed by atoms with Crippen LogP contribution in [0.2, 0.25) is 0 Å². The molecule has 0 saturated heterocycles. The highest BCUT2D eigenvalue weighted by atomic mass is 127. The van der Waals surface area contributed by atoms with E-state index in [0.717, 1.165) is 30.6 Å². The third-order valence-electron chi connectivity index (χ3n) is 4.45. The van der Waals surface area contributed by atoms with Crippen LogP contribution in [0.1, 0.15) is 23.7 Å². The summed E-state index contributed by atoms with van der Waals surface area (Å²) in [4.78, 5) is 11.4. The molecule has 0 bridgehead atoms. The van der Waals surface area contributed by atoms with Gasteiger partial charge in [0.15, 0.2) is 5.96 Å². The molecule has 0 aliphatic heterocycles. The molecule has 8 heteroatoms. The molecular formula is C22H30IN7. The average Bonchev–Trinajstić information content (AvgIpc) is 3.24. The second kappa shape index (κ2) is 12.2. The minimum atomic E-state index is 0. The molecule has 0 saturated carbocycles. The van der Waals surface area contributed by atoms with E-state index < -0.39 is 0 Å². The van der Waals surface area contributed by atoms with Crippen LogP contribution in [0.5, 0.6) is 0 Å². The van der Waals surface area contributed by atoms with Gasteiger partial charge < -0.3 is 15.5 Å². The normalized spacial score (nSPS) is 11.0. The lowest BCUT2D eigenvalue weighted by molar-refractivity contribution is 0.680. The van der Waals surface area contributed by atoms with E-state index in [1.807, 2.05) is 54.1 Å². The van der Waals surface area contributed by atoms with Gasteiger partial charge in [-0.2, -0.15) is 5.10 Å². The number of pyridine rings is 1. The predicted octanol–water partition coefficient (Wildman–Crippen LogP) is 3.27. The lowest BCUT2D eigenvalue weighted by atomic mass is 10.1. The summed E-state index contributed by atoms with van der Waals surface area (Å²) in [7, 11) is 3.98. The Morgan fingerprint density at radius 3 is 2.53 bits per heavy atom. The van der Waals surface area contributed by atoms with Crippen molar-refractivity contribution >= 4 is 35.8 Å². The minimum absolute atomic E-state index is 0. The Morgan fingerprint density at radius 2 is 1.83 bits per heavy atom. The Hall–Kier alpha value is -2.62. The van der Waals surface area contributed by atoms with Gasteiger partial charge in [-0.3, -0.25) is 4.68 Å². The molecule has 1 aromatic carbocycles. The number of guanidine groups is 1. The van der Waals surface area contributed by atoms with Crippen LogP contribution in [-0.2, 0) is 19.6 Å². The summed E-state index contributed by atoms with van der Waals surface area (Å²) >= 11 is 0. The molecule has 160 valence electrons. The maximum Gasteiger partial charge on any atom is 0.191 e. The first-order valence-electron chi connectivity index (χ1n) is 9.85. The highest BCUT2D eigenvalue weighted by Gasteiger charge is 2.05. The molecule has 7 nitrogen and oxygen atoms in total. The van der Waals surface area contributed by atoms with Crippen molar-refractivity contribution < 1.29 is 0 Å². The van der Waals surface area contributed by atoms with E-state index in [9.17, 15) is 0 Å². The molecule has 30 heavy (non-hydrogen) atoms. The second-order valence-electron chi connectivity index (χ2n) is 6.90. The number of anilines is 1. The standard InChI is InChI=1S/C22H29N7.HI/c1-4-23-22(25-16-20-11-7-12-21(27-20)28(2)3)24-15-18-9-5-6-10-19(18)17-29-14-8-13-26-29;/h5-14H,4,15-17H2,1-3H3,(H2,23,24,25);1H. The average molecular weight is 519 g/mol. The minimum Gasteiger partial charge on any atom is -0.363 e. The lowest BCUT2D eigenvalue weighted by Crippen LogP contribution is -2.37. The predicted molar refractivity (Wildman–Crippen MR) is 133 cm³/mol. The zero-order valence-corrected chi connectivity index (χ0v) is 20.1. The van der Waals surface area contributed by atoms with Crippen molar-refractivity contribution in [2.75, 3.05) is 25.5 Å². The van der Waals surface area contributed by atoms with Crippen LogP contribution in [0, 0.1) is 0 Å². The van der Waals surface area contributed by atoms with E-state index in [1.54, 1.807) is 6.20 Å². The molecule has 0 radical (unpaired) electrons. The van der Waals surface area contributed by atoms with Gasteiger partial charge in [0.05, 0.1) is 25.3 Å². The highest BCUT2D eigenvalue weighted by Crippen LogP contribution is 2.12. The summed E-state index contributed by atoms with van der Waals surface area (Å²) in [5.41, 5.74) is 3.38. The Bertz CT molecular complexity index is 923. The molecule has 0 atom stereocenters. The van der Waals surface area contributed by atoms with Crippen molar-refractivity contribution in [1.29, 1.82) is 0 Å². The van der Waals surface area contributed by atoms with Crippen LogP contribution in [0.4, 0.5) is 5.82 Å². The molecule has 2 aromatic heterocycles. The van der Waals surface area contributed by atoms with Gasteiger partial charge in [-0.15, -0.1) is 24.0 Å². The van der Waals surface area contributed by atoms with Gasteiger partial charge in [0.25, 0.3) is 0 Å². The molecule has 0 aliphatic carbocycles. The molecule has 2 N–H and O–H groups in total. The summed E-state index contributed by atoms with van der Waals surface area (Å²) < 4.78 is 1.93. The third-order valence-corrected chi connectivity index (χ3v) is 4.45. The number of hydrogen-bond acceptors (Lipinski definition) is 4. The molecule has 2 heterocycles. The van der Waals surface area contributed by atoms with Gasteiger partial charge in [-0.25, -0.2) is 9.98 Å². The molecule has 3 rings (SSSR count). The number of benzene rings is 1. The van der Waals surface area contributed by atoms with Crippen LogP contribution in [0.3, 0.4) is 0 Å². The van der Waals surface area contributed by atoms with Crippen molar-refractivity contribution in [2.24, 2.45) is 4.99 Å². The molecular weight excluding hydrogens is 489 g/mol. The van der Waals surface area contributed by atoms with Crippen molar-refractivity contribution in [3.8, 4) is 0 Å². The number of nitrogens with zero attached hydrogens (tertiary/aromatic N) is 5. The zero-order valence-electron chi connectivity index (χ0n) is 17.7. The number of halogens is 1. The number of aromatic nitrogens is 3. The van der Waals surface area contributed by atoms with Crippen LogP contribution in [0.25, 0.3) is 0 Å². The highest BCUT2D eigenvalue weighted by molar-refractivity contribution is 14.0. The van der Waals surface area contributed by atoms with Gasteiger partial charge in [0, 0.05) is 33.0 Å². The Kier molecular flexibility index (Phi) is 9.59. The summed E-state index contributed by atoms with van der Waals surface area (Å²) in [6, 6.07) is 16.3. The summed E-state index contributed by atoms with van der Waals surface area (Å²) in [6.45, 7) is 4.81. The van der Waals surface area contributed by atoms with Gasteiger partial charge in [-0.1, -0.05) is 30.3 Å². The molecule has 0 fully saturated rings. The van der Waals surface area contributed by atoms with Crippen LogP contribution >= 0.6 is 24.0 Å². The van der Waals surface area contributed by atoms with E-state index in [1.165, 1.54) is 11.1 Å².